The molecule has 0 amide bonds. The molecule has 2 N–H and O–H groups in total. The second-order valence-corrected chi connectivity index (χ2v) is 4.23. The van der Waals surface area contributed by atoms with Crippen molar-refractivity contribution in [2.24, 2.45) is 5.73 Å². The van der Waals surface area contributed by atoms with Gasteiger partial charge in [0.15, 0.2) is 0 Å². The van der Waals surface area contributed by atoms with E-state index in [-0.39, 0.29) is 5.56 Å². The molecule has 0 atom stereocenters. The van der Waals surface area contributed by atoms with Crippen LogP contribution in [0.2, 0.25) is 0 Å². The van der Waals surface area contributed by atoms with Gasteiger partial charge in [-0.25, -0.2) is 0 Å². The molecule has 0 spiro atoms. The maximum Gasteiger partial charge on any atom is 0.271 e. The van der Waals surface area contributed by atoms with E-state index in [1.54, 1.807) is 6.07 Å². The highest BCUT2D eigenvalue weighted by molar-refractivity contribution is 5.34. The molecule has 0 aliphatic rings. The lowest BCUT2D eigenvalue weighted by Crippen LogP contribution is -2.23. The number of hydrogen-bond acceptors (Lipinski definition) is 3. The Balaban J connectivity index is 2.50. The second kappa shape index (κ2) is 5.14. The highest BCUT2D eigenvalue weighted by Crippen LogP contribution is 2.08. The Morgan fingerprint density at radius 2 is 1.94 bits per heavy atom. The zero-order valence-electron chi connectivity index (χ0n) is 10.7. The van der Waals surface area contributed by atoms with Gasteiger partial charge in [-0.05, 0) is 36.6 Å². The summed E-state index contributed by atoms with van der Waals surface area (Å²) in [6, 6.07) is 9.39. The van der Waals surface area contributed by atoms with Crippen molar-refractivity contribution in [2.45, 2.75) is 26.8 Å². The number of nitrogens with two attached hydrogens (primary N) is 1. The topological polar surface area (TPSA) is 60.9 Å². The molecule has 0 fully saturated rings. The maximum absolute atomic E-state index is 12.0. The Labute approximate surface area is 106 Å². The van der Waals surface area contributed by atoms with E-state index in [1.807, 2.05) is 31.2 Å². The zero-order valence-corrected chi connectivity index (χ0v) is 10.7. The lowest BCUT2D eigenvalue weighted by Gasteiger charge is -2.08. The van der Waals surface area contributed by atoms with Crippen LogP contribution in [0.15, 0.2) is 35.1 Å². The van der Waals surface area contributed by atoms with E-state index in [9.17, 15) is 4.79 Å². The largest absolute Gasteiger partial charge is 0.326 e. The molecule has 4 nitrogen and oxygen atoms in total. The van der Waals surface area contributed by atoms with Crippen molar-refractivity contribution in [2.75, 3.05) is 0 Å². The minimum absolute atomic E-state index is 0.148. The van der Waals surface area contributed by atoms with Crippen LogP contribution in [0.3, 0.4) is 0 Å². The molecule has 18 heavy (non-hydrogen) atoms. The van der Waals surface area contributed by atoms with Crippen molar-refractivity contribution < 1.29 is 0 Å². The molecule has 4 heteroatoms. The highest BCUT2D eigenvalue weighted by atomic mass is 16.1. The summed E-state index contributed by atoms with van der Waals surface area (Å²) in [5, 5.41) is 4.29. The van der Waals surface area contributed by atoms with Gasteiger partial charge in [0, 0.05) is 12.6 Å². The molecule has 94 valence electrons. The molecule has 0 saturated carbocycles. The molecule has 0 aliphatic heterocycles. The summed E-state index contributed by atoms with van der Waals surface area (Å²) in [4.78, 5) is 12.0. The fourth-order valence-corrected chi connectivity index (χ4v) is 1.84. The smallest absolute Gasteiger partial charge is 0.271 e. The van der Waals surface area contributed by atoms with E-state index in [2.05, 4.69) is 12.0 Å². The van der Waals surface area contributed by atoms with Gasteiger partial charge in [-0.2, -0.15) is 9.78 Å². The third-order valence-corrected chi connectivity index (χ3v) is 3.03. The number of aromatic nitrogens is 2. The van der Waals surface area contributed by atoms with Gasteiger partial charge in [0.25, 0.3) is 5.56 Å². The fourth-order valence-electron chi connectivity index (χ4n) is 1.84. The Bertz CT molecular complexity index is 599. The average molecular weight is 243 g/mol. The van der Waals surface area contributed by atoms with E-state index in [4.69, 9.17) is 5.73 Å². The van der Waals surface area contributed by atoms with Crippen molar-refractivity contribution in [3.05, 3.63) is 57.5 Å². The molecule has 0 unspecified atom stereocenters. The molecule has 2 rings (SSSR count). The lowest BCUT2D eigenvalue weighted by atomic mass is 10.1. The normalized spacial score (nSPS) is 10.6. The molecular weight excluding hydrogens is 226 g/mol. The SMILES string of the molecule is CCc1ccc(-n2nc(C)c(CN)cc2=O)cc1. The van der Waals surface area contributed by atoms with Gasteiger partial charge in [-0.1, -0.05) is 19.1 Å². The first-order valence-electron chi connectivity index (χ1n) is 6.05. The van der Waals surface area contributed by atoms with Gasteiger partial charge in [0.1, 0.15) is 0 Å². The second-order valence-electron chi connectivity index (χ2n) is 4.23. The average Bonchev–Trinajstić information content (AvgIpc) is 2.41. The Morgan fingerprint density at radius 3 is 2.50 bits per heavy atom. The summed E-state index contributed by atoms with van der Waals surface area (Å²) >= 11 is 0. The third kappa shape index (κ3) is 2.33. The standard InChI is InChI=1S/C14H17N3O/c1-3-11-4-6-13(7-5-11)17-14(18)8-12(9-15)10(2)16-17/h4-8H,3,9,15H2,1-2H3. The minimum Gasteiger partial charge on any atom is -0.326 e. The van der Waals surface area contributed by atoms with E-state index in [0.717, 1.165) is 23.4 Å². The molecule has 0 aliphatic carbocycles. The van der Waals surface area contributed by atoms with Gasteiger partial charge in [-0.15, -0.1) is 0 Å². The number of benzene rings is 1. The molecule has 1 heterocycles. The van der Waals surface area contributed by atoms with Crippen LogP contribution in [0.5, 0.6) is 0 Å². The van der Waals surface area contributed by atoms with Crippen LogP contribution in [0.4, 0.5) is 0 Å². The van der Waals surface area contributed by atoms with E-state index in [1.165, 1.54) is 10.2 Å². The van der Waals surface area contributed by atoms with E-state index < -0.39 is 0 Å². The summed E-state index contributed by atoms with van der Waals surface area (Å²) < 4.78 is 1.41. The van der Waals surface area contributed by atoms with Crippen LogP contribution in [-0.2, 0) is 13.0 Å². The molecule has 1 aromatic heterocycles. The summed E-state index contributed by atoms with van der Waals surface area (Å²) in [7, 11) is 0. The summed E-state index contributed by atoms with van der Waals surface area (Å²) in [5.74, 6) is 0. The van der Waals surface area contributed by atoms with Gasteiger partial charge < -0.3 is 5.73 Å². The molecule has 0 saturated heterocycles. The molecule has 0 bridgehead atoms. The minimum atomic E-state index is -0.148. The lowest BCUT2D eigenvalue weighted by molar-refractivity contribution is 0.766. The first kappa shape index (κ1) is 12.5. The third-order valence-electron chi connectivity index (χ3n) is 3.03. The predicted molar refractivity (Wildman–Crippen MR) is 71.8 cm³/mol. The number of hydrogen-bond donors (Lipinski definition) is 1. The van der Waals surface area contributed by atoms with Gasteiger partial charge in [-0.3, -0.25) is 4.79 Å². The fraction of sp³-hybridized carbons (Fsp3) is 0.286. The predicted octanol–water partition coefficient (Wildman–Crippen LogP) is 1.56. The monoisotopic (exact) mass is 243 g/mol. The van der Waals surface area contributed by atoms with Gasteiger partial charge in [0.2, 0.25) is 0 Å². The summed E-state index contributed by atoms with van der Waals surface area (Å²) in [6.07, 6.45) is 0.980. The maximum atomic E-state index is 12.0. The summed E-state index contributed by atoms with van der Waals surface area (Å²) in [5.41, 5.74) is 9.01. The zero-order chi connectivity index (χ0) is 13.1. The summed E-state index contributed by atoms with van der Waals surface area (Å²) in [6.45, 7) is 4.29. The molecule has 0 radical (unpaired) electrons. The van der Waals surface area contributed by atoms with Crippen LogP contribution >= 0.6 is 0 Å². The van der Waals surface area contributed by atoms with Crippen molar-refractivity contribution >= 4 is 0 Å². The van der Waals surface area contributed by atoms with E-state index in [0.29, 0.717) is 6.54 Å². The van der Waals surface area contributed by atoms with E-state index >= 15 is 0 Å². The van der Waals surface area contributed by atoms with Crippen LogP contribution in [-0.4, -0.2) is 9.78 Å². The first-order valence-corrected chi connectivity index (χ1v) is 6.05. The first-order chi connectivity index (χ1) is 8.65. The molecule has 1 aromatic carbocycles. The van der Waals surface area contributed by atoms with Crippen LogP contribution < -0.4 is 11.3 Å². The highest BCUT2D eigenvalue weighted by Gasteiger charge is 2.05. The number of aryl methyl sites for hydroxylation is 2. The van der Waals surface area contributed by atoms with Crippen molar-refractivity contribution in [3.63, 3.8) is 0 Å². The van der Waals surface area contributed by atoms with Gasteiger partial charge >= 0.3 is 0 Å². The van der Waals surface area contributed by atoms with Crippen LogP contribution in [0, 0.1) is 6.92 Å². The Kier molecular flexibility index (Phi) is 3.58. The van der Waals surface area contributed by atoms with Crippen molar-refractivity contribution in [1.82, 2.24) is 9.78 Å². The van der Waals surface area contributed by atoms with Crippen molar-refractivity contribution in [1.29, 1.82) is 0 Å². The number of nitrogens with zero attached hydrogens (tertiary/aromatic N) is 2. The molecular formula is C14H17N3O. The molecule has 2 aromatic rings. The van der Waals surface area contributed by atoms with Crippen molar-refractivity contribution in [3.8, 4) is 5.69 Å². The van der Waals surface area contributed by atoms with Crippen LogP contribution in [0.25, 0.3) is 5.69 Å². The van der Waals surface area contributed by atoms with Gasteiger partial charge in [0.05, 0.1) is 11.4 Å². The van der Waals surface area contributed by atoms with Crippen LogP contribution in [0.1, 0.15) is 23.7 Å². The number of rotatable bonds is 3. The quantitative estimate of drug-likeness (QED) is 0.890. The Morgan fingerprint density at radius 1 is 1.28 bits per heavy atom. The Hall–Kier alpha value is -1.94.